The molecule has 2 aromatic rings. The van der Waals surface area contributed by atoms with Crippen molar-refractivity contribution < 1.29 is 4.74 Å². The number of hydrogen-bond donors (Lipinski definition) is 0. The lowest BCUT2D eigenvalue weighted by Gasteiger charge is -2.11. The van der Waals surface area contributed by atoms with Crippen molar-refractivity contribution in [3.8, 4) is 0 Å². The molecule has 96 valence electrons. The molecule has 3 rings (SSSR count). The summed E-state index contributed by atoms with van der Waals surface area (Å²) in [6, 6.07) is 0.365. The molecule has 18 heavy (non-hydrogen) atoms. The molecule has 0 spiro atoms. The summed E-state index contributed by atoms with van der Waals surface area (Å²) in [5.74, 6) is 1.17. The lowest BCUT2D eigenvalue weighted by Crippen LogP contribution is -2.09. The molecule has 0 amide bonds. The van der Waals surface area contributed by atoms with Gasteiger partial charge in [0.05, 0.1) is 24.7 Å². The molecule has 5 nitrogen and oxygen atoms in total. The van der Waals surface area contributed by atoms with Crippen LogP contribution in [0.5, 0.6) is 0 Å². The van der Waals surface area contributed by atoms with Gasteiger partial charge in [0.2, 0.25) is 0 Å². The van der Waals surface area contributed by atoms with Gasteiger partial charge in [-0.1, -0.05) is 13.8 Å². The third-order valence-corrected chi connectivity index (χ3v) is 3.41. The van der Waals surface area contributed by atoms with E-state index in [4.69, 9.17) is 4.74 Å². The third-order valence-electron chi connectivity index (χ3n) is 3.41. The molecular weight excluding hydrogens is 228 g/mol. The largest absolute Gasteiger partial charge is 0.379 e. The highest BCUT2D eigenvalue weighted by Gasteiger charge is 2.22. The molecule has 1 aliphatic heterocycles. The van der Waals surface area contributed by atoms with E-state index in [2.05, 4.69) is 33.4 Å². The molecule has 1 saturated heterocycles. The van der Waals surface area contributed by atoms with Gasteiger partial charge in [0.1, 0.15) is 11.3 Å². The highest BCUT2D eigenvalue weighted by atomic mass is 16.5. The Balaban J connectivity index is 2.17. The van der Waals surface area contributed by atoms with Crippen LogP contribution in [0.15, 0.2) is 6.33 Å². The van der Waals surface area contributed by atoms with Crippen LogP contribution in [0.3, 0.4) is 0 Å². The number of rotatable bonds is 2. The molecule has 0 saturated carbocycles. The third kappa shape index (κ3) is 1.79. The Labute approximate surface area is 106 Å². The fourth-order valence-corrected chi connectivity index (χ4v) is 2.46. The molecule has 1 aliphatic rings. The van der Waals surface area contributed by atoms with Crippen LogP contribution in [0, 0.1) is 6.92 Å². The predicted molar refractivity (Wildman–Crippen MR) is 68.6 cm³/mol. The zero-order chi connectivity index (χ0) is 12.7. The minimum absolute atomic E-state index is 0.359. The molecule has 2 aromatic heterocycles. The van der Waals surface area contributed by atoms with Gasteiger partial charge >= 0.3 is 0 Å². The molecule has 0 bridgehead atoms. The van der Waals surface area contributed by atoms with Crippen LogP contribution in [-0.2, 0) is 4.74 Å². The first-order valence-electron chi connectivity index (χ1n) is 6.45. The number of imidazole rings is 1. The minimum atomic E-state index is 0.359. The second-order valence-electron chi connectivity index (χ2n) is 5.15. The Bertz CT molecular complexity index is 570. The quantitative estimate of drug-likeness (QED) is 0.815. The maximum atomic E-state index is 5.45. The van der Waals surface area contributed by atoms with Crippen LogP contribution in [0.1, 0.15) is 43.7 Å². The van der Waals surface area contributed by atoms with E-state index in [1.165, 1.54) is 0 Å². The molecule has 1 fully saturated rings. The number of aryl methyl sites for hydroxylation is 1. The number of ether oxygens (including phenoxy) is 1. The molecule has 1 atom stereocenters. The van der Waals surface area contributed by atoms with Gasteiger partial charge in [-0.25, -0.2) is 15.0 Å². The summed E-state index contributed by atoms with van der Waals surface area (Å²) in [7, 11) is 0. The Kier molecular flexibility index (Phi) is 2.78. The monoisotopic (exact) mass is 246 g/mol. The van der Waals surface area contributed by atoms with E-state index in [1.807, 2.05) is 13.3 Å². The first-order valence-corrected chi connectivity index (χ1v) is 6.45. The van der Waals surface area contributed by atoms with Crippen molar-refractivity contribution in [1.29, 1.82) is 0 Å². The molecule has 0 aliphatic carbocycles. The van der Waals surface area contributed by atoms with Crippen molar-refractivity contribution in [2.24, 2.45) is 0 Å². The SMILES string of the molecule is Cc1nc(C(C)C)c2ncn(C3CCOC3)c2n1. The first kappa shape index (κ1) is 11.6. The summed E-state index contributed by atoms with van der Waals surface area (Å²) >= 11 is 0. The first-order chi connectivity index (χ1) is 8.66. The Morgan fingerprint density at radius 2 is 2.22 bits per heavy atom. The molecule has 0 aromatic carbocycles. The summed E-state index contributed by atoms with van der Waals surface area (Å²) in [5.41, 5.74) is 2.92. The summed E-state index contributed by atoms with van der Waals surface area (Å²) < 4.78 is 7.59. The van der Waals surface area contributed by atoms with E-state index in [0.717, 1.165) is 42.3 Å². The van der Waals surface area contributed by atoms with Gasteiger partial charge in [-0.05, 0) is 19.3 Å². The number of hydrogen-bond acceptors (Lipinski definition) is 4. The second kappa shape index (κ2) is 4.31. The number of aromatic nitrogens is 4. The Morgan fingerprint density at radius 1 is 1.39 bits per heavy atom. The Morgan fingerprint density at radius 3 is 2.89 bits per heavy atom. The zero-order valence-electron chi connectivity index (χ0n) is 11.1. The van der Waals surface area contributed by atoms with Crippen molar-refractivity contribution in [3.05, 3.63) is 17.8 Å². The van der Waals surface area contributed by atoms with E-state index in [9.17, 15) is 0 Å². The van der Waals surface area contributed by atoms with Crippen LogP contribution < -0.4 is 0 Å². The summed E-state index contributed by atoms with van der Waals surface area (Å²) in [6.45, 7) is 7.79. The second-order valence-corrected chi connectivity index (χ2v) is 5.15. The van der Waals surface area contributed by atoms with Gasteiger partial charge in [0.15, 0.2) is 5.65 Å². The van der Waals surface area contributed by atoms with Crippen molar-refractivity contribution in [3.63, 3.8) is 0 Å². The lowest BCUT2D eigenvalue weighted by atomic mass is 10.1. The predicted octanol–water partition coefficient (Wildman–Crippen LogP) is 2.22. The van der Waals surface area contributed by atoms with E-state index >= 15 is 0 Å². The summed E-state index contributed by atoms with van der Waals surface area (Å²) in [5, 5.41) is 0. The maximum Gasteiger partial charge on any atom is 0.164 e. The maximum absolute atomic E-state index is 5.45. The standard InChI is InChI=1S/C13H18N4O/c1-8(2)11-12-13(16-9(3)15-11)17(7-14-12)10-4-5-18-6-10/h7-8,10H,4-6H2,1-3H3. The van der Waals surface area contributed by atoms with Crippen LogP contribution in [0.2, 0.25) is 0 Å². The lowest BCUT2D eigenvalue weighted by molar-refractivity contribution is 0.187. The van der Waals surface area contributed by atoms with Crippen LogP contribution in [0.4, 0.5) is 0 Å². The van der Waals surface area contributed by atoms with E-state index in [1.54, 1.807) is 0 Å². The van der Waals surface area contributed by atoms with E-state index in [0.29, 0.717) is 12.0 Å². The van der Waals surface area contributed by atoms with Gasteiger partial charge in [-0.2, -0.15) is 0 Å². The molecule has 3 heterocycles. The van der Waals surface area contributed by atoms with Gasteiger partial charge in [-0.3, -0.25) is 0 Å². The van der Waals surface area contributed by atoms with Crippen molar-refractivity contribution >= 4 is 11.2 Å². The number of fused-ring (bicyclic) bond motifs is 1. The van der Waals surface area contributed by atoms with Gasteiger partial charge in [0.25, 0.3) is 0 Å². The molecule has 0 N–H and O–H groups in total. The normalized spacial score (nSPS) is 20.1. The van der Waals surface area contributed by atoms with Crippen molar-refractivity contribution in [1.82, 2.24) is 19.5 Å². The summed E-state index contributed by atoms with van der Waals surface area (Å²) in [6.07, 6.45) is 2.91. The van der Waals surface area contributed by atoms with Crippen LogP contribution >= 0.6 is 0 Å². The minimum Gasteiger partial charge on any atom is -0.379 e. The topological polar surface area (TPSA) is 52.8 Å². The van der Waals surface area contributed by atoms with Crippen molar-refractivity contribution in [2.45, 2.75) is 39.2 Å². The molecule has 0 radical (unpaired) electrons. The van der Waals surface area contributed by atoms with Crippen LogP contribution in [0.25, 0.3) is 11.2 Å². The van der Waals surface area contributed by atoms with Gasteiger partial charge in [-0.15, -0.1) is 0 Å². The molecular formula is C13H18N4O. The van der Waals surface area contributed by atoms with Crippen LogP contribution in [-0.4, -0.2) is 32.7 Å². The summed E-state index contributed by atoms with van der Waals surface area (Å²) in [4.78, 5) is 13.6. The average molecular weight is 246 g/mol. The van der Waals surface area contributed by atoms with Crippen molar-refractivity contribution in [2.75, 3.05) is 13.2 Å². The van der Waals surface area contributed by atoms with E-state index < -0.39 is 0 Å². The number of nitrogens with zero attached hydrogens (tertiary/aromatic N) is 4. The van der Waals surface area contributed by atoms with Gasteiger partial charge < -0.3 is 9.30 Å². The molecule has 1 unspecified atom stereocenters. The van der Waals surface area contributed by atoms with E-state index in [-0.39, 0.29) is 0 Å². The average Bonchev–Trinajstić information content (AvgIpc) is 2.94. The zero-order valence-corrected chi connectivity index (χ0v) is 11.1. The van der Waals surface area contributed by atoms with Gasteiger partial charge in [0, 0.05) is 6.61 Å². The fourth-order valence-electron chi connectivity index (χ4n) is 2.46. The highest BCUT2D eigenvalue weighted by molar-refractivity contribution is 5.74. The Hall–Kier alpha value is -1.49. The smallest absolute Gasteiger partial charge is 0.164 e. The highest BCUT2D eigenvalue weighted by Crippen LogP contribution is 2.26. The fraction of sp³-hybridized carbons (Fsp3) is 0.615. The molecule has 5 heteroatoms.